The van der Waals surface area contributed by atoms with Crippen LogP contribution in [0.4, 0.5) is 0 Å². The van der Waals surface area contributed by atoms with Gasteiger partial charge < -0.3 is 9.32 Å². The molecule has 1 aliphatic heterocycles. The quantitative estimate of drug-likeness (QED) is 0.555. The Hall–Kier alpha value is -2.60. The molecule has 29 heavy (non-hydrogen) atoms. The lowest BCUT2D eigenvalue weighted by Crippen LogP contribution is -2.42. The van der Waals surface area contributed by atoms with Crippen molar-refractivity contribution in [2.75, 3.05) is 13.1 Å². The topological polar surface area (TPSA) is 59.2 Å². The van der Waals surface area contributed by atoms with Crippen molar-refractivity contribution in [3.8, 4) is 11.5 Å². The Kier molecular flexibility index (Phi) is 6.30. The summed E-state index contributed by atoms with van der Waals surface area (Å²) in [7, 11) is 0. The third-order valence-electron chi connectivity index (χ3n) is 5.35. The number of carbonyl (C=O) groups excluding carboxylic acids is 1. The first kappa shape index (κ1) is 19.7. The number of benzene rings is 2. The smallest absolute Gasteiger partial charge is 0.277 e. The summed E-state index contributed by atoms with van der Waals surface area (Å²) in [6, 6.07) is 20.3. The van der Waals surface area contributed by atoms with Crippen LogP contribution in [0.2, 0.25) is 0 Å². The Morgan fingerprint density at radius 1 is 1.07 bits per heavy atom. The molecule has 0 bridgehead atoms. The van der Waals surface area contributed by atoms with Crippen LogP contribution in [0, 0.1) is 5.92 Å². The van der Waals surface area contributed by atoms with Crippen molar-refractivity contribution in [2.24, 2.45) is 5.92 Å². The van der Waals surface area contributed by atoms with Crippen LogP contribution >= 0.6 is 11.8 Å². The molecule has 1 amide bonds. The molecule has 3 aromatic rings. The second-order valence-electron chi connectivity index (χ2n) is 7.46. The predicted molar refractivity (Wildman–Crippen MR) is 115 cm³/mol. The van der Waals surface area contributed by atoms with E-state index in [1.54, 1.807) is 0 Å². The van der Waals surface area contributed by atoms with E-state index >= 15 is 0 Å². The molecular formula is C23H25N3O2S. The number of amides is 1. The molecular weight excluding hydrogens is 382 g/mol. The summed E-state index contributed by atoms with van der Waals surface area (Å²) in [6.07, 6.45) is 3.20. The summed E-state index contributed by atoms with van der Waals surface area (Å²) >= 11 is 1.33. The van der Waals surface area contributed by atoms with Crippen LogP contribution in [0.15, 0.2) is 70.3 Å². The van der Waals surface area contributed by atoms with E-state index in [9.17, 15) is 4.79 Å². The van der Waals surface area contributed by atoms with E-state index in [4.69, 9.17) is 4.42 Å². The van der Waals surface area contributed by atoms with Gasteiger partial charge in [-0.25, -0.2) is 0 Å². The van der Waals surface area contributed by atoms with Crippen LogP contribution in [0.25, 0.3) is 11.5 Å². The van der Waals surface area contributed by atoms with E-state index in [1.165, 1.54) is 17.3 Å². The summed E-state index contributed by atoms with van der Waals surface area (Å²) < 4.78 is 5.73. The van der Waals surface area contributed by atoms with Crippen molar-refractivity contribution in [3.63, 3.8) is 0 Å². The van der Waals surface area contributed by atoms with Crippen LogP contribution in [0.3, 0.4) is 0 Å². The molecule has 0 N–H and O–H groups in total. The first-order valence-corrected chi connectivity index (χ1v) is 11.0. The van der Waals surface area contributed by atoms with Crippen molar-refractivity contribution < 1.29 is 9.21 Å². The van der Waals surface area contributed by atoms with E-state index in [2.05, 4.69) is 40.5 Å². The third kappa shape index (κ3) is 5.07. The van der Waals surface area contributed by atoms with Crippen LogP contribution in [-0.4, -0.2) is 39.3 Å². The first-order valence-electron chi connectivity index (χ1n) is 10.1. The standard InChI is InChI=1S/C23H25N3O2S/c1-17(29-23-25-24-21(28-23)20-10-6-3-7-11-20)22(27)26-14-12-19(13-15-26)16-18-8-4-2-5-9-18/h2-11,17,19H,12-16H2,1H3/t17-/m0/s1. The van der Waals surface area contributed by atoms with Crippen molar-refractivity contribution in [1.82, 2.24) is 15.1 Å². The van der Waals surface area contributed by atoms with Crippen LogP contribution in [0.5, 0.6) is 0 Å². The maximum absolute atomic E-state index is 12.9. The summed E-state index contributed by atoms with van der Waals surface area (Å²) in [6.45, 7) is 3.55. The number of rotatable bonds is 6. The number of aromatic nitrogens is 2. The van der Waals surface area contributed by atoms with Crippen molar-refractivity contribution in [2.45, 2.75) is 36.7 Å². The fourth-order valence-electron chi connectivity index (χ4n) is 3.72. The van der Waals surface area contributed by atoms with E-state index in [1.807, 2.05) is 42.2 Å². The molecule has 2 aromatic carbocycles. The highest BCUT2D eigenvalue weighted by molar-refractivity contribution is 8.00. The van der Waals surface area contributed by atoms with Crippen LogP contribution in [-0.2, 0) is 11.2 Å². The minimum Gasteiger partial charge on any atom is -0.411 e. The maximum atomic E-state index is 12.9. The molecule has 0 spiro atoms. The van der Waals surface area contributed by atoms with Gasteiger partial charge in [-0.05, 0) is 49.8 Å². The van der Waals surface area contributed by atoms with Gasteiger partial charge in [0.15, 0.2) is 0 Å². The molecule has 1 aliphatic rings. The van der Waals surface area contributed by atoms with E-state index < -0.39 is 0 Å². The highest BCUT2D eigenvalue weighted by atomic mass is 32.2. The molecule has 0 aliphatic carbocycles. The molecule has 4 rings (SSSR count). The zero-order chi connectivity index (χ0) is 20.1. The van der Waals surface area contributed by atoms with Gasteiger partial charge in [0, 0.05) is 18.7 Å². The highest BCUT2D eigenvalue weighted by Gasteiger charge is 2.27. The SMILES string of the molecule is C[C@H](Sc1nnc(-c2ccccc2)o1)C(=O)N1CCC(Cc2ccccc2)CC1. The normalized spacial score (nSPS) is 16.0. The number of nitrogens with zero attached hydrogens (tertiary/aromatic N) is 3. The second kappa shape index (κ2) is 9.27. The van der Waals surface area contributed by atoms with Gasteiger partial charge in [0.25, 0.3) is 5.22 Å². The number of piperidine rings is 1. The van der Waals surface area contributed by atoms with Crippen LogP contribution < -0.4 is 0 Å². The van der Waals surface area contributed by atoms with Gasteiger partial charge in [0.05, 0.1) is 5.25 Å². The minimum absolute atomic E-state index is 0.146. The van der Waals surface area contributed by atoms with E-state index in [0.717, 1.165) is 37.9 Å². The highest BCUT2D eigenvalue weighted by Crippen LogP contribution is 2.28. The molecule has 1 saturated heterocycles. The monoisotopic (exact) mass is 407 g/mol. The molecule has 0 unspecified atom stereocenters. The van der Waals surface area contributed by atoms with Crippen molar-refractivity contribution in [1.29, 1.82) is 0 Å². The van der Waals surface area contributed by atoms with Gasteiger partial charge in [0.2, 0.25) is 11.8 Å². The molecule has 2 heterocycles. The van der Waals surface area contributed by atoms with Gasteiger partial charge in [-0.15, -0.1) is 10.2 Å². The first-order chi connectivity index (χ1) is 14.2. The summed E-state index contributed by atoms with van der Waals surface area (Å²) in [5.74, 6) is 1.27. The predicted octanol–water partition coefficient (Wildman–Crippen LogP) is 4.70. The number of carbonyl (C=O) groups is 1. The number of likely N-dealkylation sites (tertiary alicyclic amines) is 1. The molecule has 6 heteroatoms. The maximum Gasteiger partial charge on any atom is 0.277 e. The van der Waals surface area contributed by atoms with Gasteiger partial charge in [0.1, 0.15) is 0 Å². The summed E-state index contributed by atoms with van der Waals surface area (Å²) in [5, 5.41) is 8.38. The summed E-state index contributed by atoms with van der Waals surface area (Å²) in [5.41, 5.74) is 2.26. The fourth-order valence-corrected chi connectivity index (χ4v) is 4.49. The van der Waals surface area contributed by atoms with Gasteiger partial charge in [-0.3, -0.25) is 4.79 Å². The average Bonchev–Trinajstić information content (AvgIpc) is 3.23. The van der Waals surface area contributed by atoms with Crippen molar-refractivity contribution >= 4 is 17.7 Å². The number of hydrogen-bond acceptors (Lipinski definition) is 5. The lowest BCUT2D eigenvalue weighted by Gasteiger charge is -2.33. The second-order valence-corrected chi connectivity index (χ2v) is 8.75. The molecule has 1 aromatic heterocycles. The van der Waals surface area contributed by atoms with Gasteiger partial charge in [-0.2, -0.15) is 0 Å². The lowest BCUT2D eigenvalue weighted by molar-refractivity contribution is -0.131. The van der Waals surface area contributed by atoms with Crippen molar-refractivity contribution in [3.05, 3.63) is 66.2 Å². The Balaban J connectivity index is 1.28. The molecule has 1 fully saturated rings. The summed E-state index contributed by atoms with van der Waals surface area (Å²) in [4.78, 5) is 14.8. The van der Waals surface area contributed by atoms with Crippen LogP contribution in [0.1, 0.15) is 25.3 Å². The van der Waals surface area contributed by atoms with Gasteiger partial charge in [-0.1, -0.05) is 60.3 Å². The number of hydrogen-bond donors (Lipinski definition) is 0. The Bertz CT molecular complexity index is 922. The zero-order valence-corrected chi connectivity index (χ0v) is 17.3. The average molecular weight is 408 g/mol. The zero-order valence-electron chi connectivity index (χ0n) is 16.5. The molecule has 0 radical (unpaired) electrons. The molecule has 150 valence electrons. The van der Waals surface area contributed by atoms with Gasteiger partial charge >= 0.3 is 0 Å². The third-order valence-corrected chi connectivity index (χ3v) is 6.27. The molecule has 1 atom stereocenters. The number of thioether (sulfide) groups is 1. The molecule has 0 saturated carbocycles. The van der Waals surface area contributed by atoms with E-state index in [0.29, 0.717) is 17.0 Å². The Labute approximate surface area is 175 Å². The van der Waals surface area contributed by atoms with E-state index in [-0.39, 0.29) is 11.2 Å². The fraction of sp³-hybridized carbons (Fsp3) is 0.348. The molecule has 5 nitrogen and oxygen atoms in total. The largest absolute Gasteiger partial charge is 0.411 e. The lowest BCUT2D eigenvalue weighted by atomic mass is 9.90. The Morgan fingerprint density at radius 2 is 1.72 bits per heavy atom. The Morgan fingerprint density at radius 3 is 2.41 bits per heavy atom. The minimum atomic E-state index is -0.246.